The van der Waals surface area contributed by atoms with E-state index in [1.54, 1.807) is 0 Å². The summed E-state index contributed by atoms with van der Waals surface area (Å²) in [5, 5.41) is 2.50. The summed E-state index contributed by atoms with van der Waals surface area (Å²) in [6, 6.07) is 74.6. The second-order valence-electron chi connectivity index (χ2n) is 20.2. The summed E-state index contributed by atoms with van der Waals surface area (Å²) in [7, 11) is 0. The average Bonchev–Trinajstić information content (AvgIpc) is 3.55. The molecule has 1 aliphatic carbocycles. The highest BCUT2D eigenvalue weighted by Crippen LogP contribution is 2.55. The molecule has 0 bridgehead atoms. The molecular formula is C63H57N. The van der Waals surface area contributed by atoms with E-state index >= 15 is 0 Å². The van der Waals surface area contributed by atoms with E-state index in [4.69, 9.17) is 0 Å². The Balaban J connectivity index is 1.18. The smallest absolute Gasteiger partial charge is 0.0543 e. The SMILES string of the molecule is CC(C)(C)c1cc(-c2cccc3cccc(-c4ccccc4N(c4ccc(-c5ccc(-c6ccccc6)cc5)cc4)c4cccc5c4-c4ccccc4C5(C)C)c23)cc(C(C)(C)C)c1. The Kier molecular flexibility index (Phi) is 10.1. The molecule has 0 unspecified atom stereocenters. The third-order valence-corrected chi connectivity index (χ3v) is 13.6. The quantitative estimate of drug-likeness (QED) is 0.155. The van der Waals surface area contributed by atoms with Crippen LogP contribution >= 0.6 is 0 Å². The number of fused-ring (bicyclic) bond motifs is 4. The van der Waals surface area contributed by atoms with Crippen LogP contribution in [0, 0.1) is 0 Å². The molecule has 9 aromatic carbocycles. The monoisotopic (exact) mass is 827 g/mol. The number of rotatable bonds is 7. The second kappa shape index (κ2) is 15.7. The first-order chi connectivity index (χ1) is 30.8. The molecule has 0 aromatic heterocycles. The van der Waals surface area contributed by atoms with Gasteiger partial charge in [-0.25, -0.2) is 0 Å². The van der Waals surface area contributed by atoms with Crippen LogP contribution < -0.4 is 4.90 Å². The van der Waals surface area contributed by atoms with Crippen LogP contribution in [0.15, 0.2) is 200 Å². The molecule has 0 saturated heterocycles. The zero-order valence-electron chi connectivity index (χ0n) is 38.5. The molecular weight excluding hydrogens is 771 g/mol. The van der Waals surface area contributed by atoms with E-state index in [0.29, 0.717) is 0 Å². The lowest BCUT2D eigenvalue weighted by atomic mass is 9.78. The van der Waals surface area contributed by atoms with Crippen LogP contribution in [0.4, 0.5) is 17.1 Å². The summed E-state index contributed by atoms with van der Waals surface area (Å²) in [6.45, 7) is 18.7. The van der Waals surface area contributed by atoms with Crippen LogP contribution in [-0.2, 0) is 16.2 Å². The third-order valence-electron chi connectivity index (χ3n) is 13.6. The van der Waals surface area contributed by atoms with Gasteiger partial charge in [0.05, 0.1) is 11.4 Å². The Bertz CT molecular complexity index is 3130. The minimum absolute atomic E-state index is 0.000808. The molecule has 0 N–H and O–H groups in total. The van der Waals surface area contributed by atoms with Crippen molar-refractivity contribution in [3.8, 4) is 55.6 Å². The van der Waals surface area contributed by atoms with Crippen molar-refractivity contribution >= 4 is 27.8 Å². The van der Waals surface area contributed by atoms with Crippen LogP contribution in [-0.4, -0.2) is 0 Å². The normalized spacial score (nSPS) is 13.1. The molecule has 0 saturated carbocycles. The molecule has 10 rings (SSSR count). The Labute approximate surface area is 380 Å². The molecule has 0 radical (unpaired) electrons. The Morgan fingerprint density at radius 3 is 1.45 bits per heavy atom. The van der Waals surface area contributed by atoms with Crippen LogP contribution in [0.25, 0.3) is 66.4 Å². The number of hydrogen-bond donors (Lipinski definition) is 0. The lowest BCUT2D eigenvalue weighted by molar-refractivity contribution is 0.569. The summed E-state index contributed by atoms with van der Waals surface area (Å²) in [6.07, 6.45) is 0. The van der Waals surface area contributed by atoms with E-state index in [1.807, 2.05) is 0 Å². The molecule has 0 aliphatic heterocycles. The molecule has 314 valence electrons. The van der Waals surface area contributed by atoms with Crippen molar-refractivity contribution in [2.45, 2.75) is 71.6 Å². The number of anilines is 3. The Hall–Kier alpha value is -6.96. The molecule has 0 atom stereocenters. The third kappa shape index (κ3) is 7.24. The van der Waals surface area contributed by atoms with Crippen molar-refractivity contribution in [2.75, 3.05) is 4.90 Å². The van der Waals surface area contributed by atoms with Crippen molar-refractivity contribution in [1.29, 1.82) is 0 Å². The maximum Gasteiger partial charge on any atom is 0.0543 e. The minimum Gasteiger partial charge on any atom is -0.309 e. The molecule has 1 nitrogen and oxygen atoms in total. The average molecular weight is 828 g/mol. The summed E-state index contributed by atoms with van der Waals surface area (Å²) in [5.41, 5.74) is 21.1. The molecule has 0 spiro atoms. The lowest BCUT2D eigenvalue weighted by Gasteiger charge is -2.31. The largest absolute Gasteiger partial charge is 0.309 e. The van der Waals surface area contributed by atoms with Crippen molar-refractivity contribution in [3.05, 3.63) is 222 Å². The first-order valence-corrected chi connectivity index (χ1v) is 22.8. The Morgan fingerprint density at radius 1 is 0.359 bits per heavy atom. The zero-order valence-corrected chi connectivity index (χ0v) is 38.5. The number of hydrogen-bond acceptors (Lipinski definition) is 1. The van der Waals surface area contributed by atoms with Crippen molar-refractivity contribution in [1.82, 2.24) is 0 Å². The summed E-state index contributed by atoms with van der Waals surface area (Å²) in [5.74, 6) is 0. The predicted molar refractivity (Wildman–Crippen MR) is 275 cm³/mol. The van der Waals surface area contributed by atoms with Gasteiger partial charge in [0.1, 0.15) is 0 Å². The van der Waals surface area contributed by atoms with E-state index in [0.717, 1.165) is 11.4 Å². The van der Waals surface area contributed by atoms with E-state index in [2.05, 4.69) is 260 Å². The van der Waals surface area contributed by atoms with Gasteiger partial charge in [0, 0.05) is 22.2 Å². The second-order valence-corrected chi connectivity index (χ2v) is 20.2. The molecule has 1 aliphatic rings. The van der Waals surface area contributed by atoms with Gasteiger partial charge in [-0.15, -0.1) is 0 Å². The highest BCUT2D eigenvalue weighted by atomic mass is 15.1. The fourth-order valence-corrected chi connectivity index (χ4v) is 9.97. The zero-order chi connectivity index (χ0) is 44.4. The summed E-state index contributed by atoms with van der Waals surface area (Å²) in [4.78, 5) is 2.52. The van der Waals surface area contributed by atoms with Crippen molar-refractivity contribution < 1.29 is 0 Å². The first-order valence-electron chi connectivity index (χ1n) is 22.8. The summed E-state index contributed by atoms with van der Waals surface area (Å²) < 4.78 is 0. The minimum atomic E-state index is -0.138. The van der Waals surface area contributed by atoms with Gasteiger partial charge < -0.3 is 4.90 Å². The van der Waals surface area contributed by atoms with Gasteiger partial charge in [-0.3, -0.25) is 0 Å². The molecule has 1 heteroatoms. The highest BCUT2D eigenvalue weighted by Gasteiger charge is 2.38. The van der Waals surface area contributed by atoms with Gasteiger partial charge in [-0.05, 0) is 113 Å². The van der Waals surface area contributed by atoms with Crippen LogP contribution in [0.1, 0.15) is 77.6 Å². The van der Waals surface area contributed by atoms with Crippen LogP contribution in [0.2, 0.25) is 0 Å². The van der Waals surface area contributed by atoms with Crippen molar-refractivity contribution in [2.24, 2.45) is 0 Å². The van der Waals surface area contributed by atoms with Gasteiger partial charge >= 0.3 is 0 Å². The van der Waals surface area contributed by atoms with E-state index in [1.165, 1.54) is 94.3 Å². The predicted octanol–water partition coefficient (Wildman–Crippen LogP) is 17.9. The maximum atomic E-state index is 2.52. The van der Waals surface area contributed by atoms with Gasteiger partial charge in [0.2, 0.25) is 0 Å². The molecule has 0 fully saturated rings. The molecule has 64 heavy (non-hydrogen) atoms. The van der Waals surface area contributed by atoms with E-state index in [9.17, 15) is 0 Å². The number of nitrogens with zero attached hydrogens (tertiary/aromatic N) is 1. The van der Waals surface area contributed by atoms with E-state index < -0.39 is 0 Å². The fraction of sp³-hybridized carbons (Fsp3) is 0.175. The standard InChI is InChI=1S/C63H57N/c1-61(2,3)48-39-47(40-49(41-48)62(4,5)6)51-25-16-21-46-22-17-26-53(59(46)51)52-23-13-15-29-57(52)64(58-30-18-28-56-60(58)54-24-12-14-27-55(54)63(56,7)8)50-37-35-45(36-38-50)44-33-31-43(32-34-44)42-19-10-9-11-20-42/h9-41H,1-8H3. The molecule has 0 heterocycles. The number of benzene rings is 9. The van der Waals surface area contributed by atoms with Crippen LogP contribution in [0.3, 0.4) is 0 Å². The first kappa shape index (κ1) is 41.1. The Morgan fingerprint density at radius 2 is 0.828 bits per heavy atom. The summed E-state index contributed by atoms with van der Waals surface area (Å²) >= 11 is 0. The molecule has 9 aromatic rings. The van der Waals surface area contributed by atoms with Crippen molar-refractivity contribution in [3.63, 3.8) is 0 Å². The topological polar surface area (TPSA) is 3.24 Å². The van der Waals surface area contributed by atoms with Gasteiger partial charge in [0.25, 0.3) is 0 Å². The highest BCUT2D eigenvalue weighted by molar-refractivity contribution is 6.09. The molecule has 0 amide bonds. The number of para-hydroxylation sites is 1. The maximum absolute atomic E-state index is 2.52. The van der Waals surface area contributed by atoms with Crippen LogP contribution in [0.5, 0.6) is 0 Å². The lowest BCUT2D eigenvalue weighted by Crippen LogP contribution is -2.16. The fourth-order valence-electron chi connectivity index (χ4n) is 9.97. The van der Waals surface area contributed by atoms with E-state index in [-0.39, 0.29) is 16.2 Å². The van der Waals surface area contributed by atoms with Gasteiger partial charge in [0.15, 0.2) is 0 Å². The van der Waals surface area contributed by atoms with Gasteiger partial charge in [-0.1, -0.05) is 231 Å². The van der Waals surface area contributed by atoms with Gasteiger partial charge in [-0.2, -0.15) is 0 Å².